The number of hydrogen-bond donors (Lipinski definition) is 1. The second-order valence-corrected chi connectivity index (χ2v) is 6.81. The van der Waals surface area contributed by atoms with Crippen molar-refractivity contribution in [3.05, 3.63) is 35.6 Å². The molecule has 1 aromatic carbocycles. The molecule has 0 bridgehead atoms. The van der Waals surface area contributed by atoms with Crippen molar-refractivity contribution >= 4 is 16.9 Å². The van der Waals surface area contributed by atoms with Crippen molar-refractivity contribution in [1.29, 1.82) is 0 Å². The highest BCUT2D eigenvalue weighted by atomic mass is 16.3. The molecule has 2 aromatic rings. The zero-order valence-electron chi connectivity index (χ0n) is 15.5. The first kappa shape index (κ1) is 18.0. The number of carbonyl (C=O) groups is 1. The number of likely N-dealkylation sites (N-methyl/N-ethyl adjacent to an activating group) is 1. The maximum Gasteiger partial charge on any atom is 0.239 e. The molecule has 2 N–H and O–H groups in total. The van der Waals surface area contributed by atoms with Crippen LogP contribution in [0.25, 0.3) is 11.0 Å². The summed E-state index contributed by atoms with van der Waals surface area (Å²) in [6.45, 7) is 9.10. The molecule has 5 nitrogen and oxygen atoms in total. The van der Waals surface area contributed by atoms with E-state index >= 15 is 0 Å². The Balaban J connectivity index is 1.89. The van der Waals surface area contributed by atoms with E-state index in [2.05, 4.69) is 17.9 Å². The molecule has 0 saturated carbocycles. The van der Waals surface area contributed by atoms with E-state index in [-0.39, 0.29) is 18.0 Å². The van der Waals surface area contributed by atoms with E-state index in [1.54, 1.807) is 0 Å². The van der Waals surface area contributed by atoms with Crippen molar-refractivity contribution in [3.63, 3.8) is 0 Å². The van der Waals surface area contributed by atoms with Crippen LogP contribution in [0.4, 0.5) is 0 Å². The Morgan fingerprint density at radius 1 is 1.28 bits per heavy atom. The Bertz CT molecular complexity index is 736. The van der Waals surface area contributed by atoms with Gasteiger partial charge in [0.15, 0.2) is 0 Å². The minimum atomic E-state index is -0.131. The van der Waals surface area contributed by atoms with Gasteiger partial charge in [-0.15, -0.1) is 0 Å². The second-order valence-electron chi connectivity index (χ2n) is 6.81. The number of rotatable bonds is 6. The average Bonchev–Trinajstić information content (AvgIpc) is 3.16. The summed E-state index contributed by atoms with van der Waals surface area (Å²) in [5.74, 6) is 1.21. The van der Waals surface area contributed by atoms with E-state index in [9.17, 15) is 4.79 Å². The molecule has 1 aliphatic heterocycles. The number of amides is 1. The molecule has 1 fully saturated rings. The highest BCUT2D eigenvalue weighted by Crippen LogP contribution is 2.30. The van der Waals surface area contributed by atoms with Gasteiger partial charge in [-0.05, 0) is 26.3 Å². The van der Waals surface area contributed by atoms with Crippen molar-refractivity contribution in [1.82, 2.24) is 9.80 Å². The number of furan rings is 1. The van der Waals surface area contributed by atoms with E-state index in [4.69, 9.17) is 10.2 Å². The van der Waals surface area contributed by atoms with Crippen LogP contribution in [-0.2, 0) is 17.8 Å². The van der Waals surface area contributed by atoms with Gasteiger partial charge in [0.05, 0.1) is 6.04 Å². The van der Waals surface area contributed by atoms with Crippen molar-refractivity contribution in [3.8, 4) is 0 Å². The van der Waals surface area contributed by atoms with Gasteiger partial charge in [0.2, 0.25) is 5.91 Å². The molecule has 136 valence electrons. The second kappa shape index (κ2) is 7.58. The number of carbonyl (C=O) groups excluding carboxylic acids is 1. The first-order valence-electron chi connectivity index (χ1n) is 9.36. The van der Waals surface area contributed by atoms with Gasteiger partial charge in [-0.2, -0.15) is 0 Å². The molecule has 1 aliphatic rings. The number of aryl methyl sites for hydroxylation is 1. The van der Waals surface area contributed by atoms with Crippen molar-refractivity contribution in [2.75, 3.05) is 19.6 Å². The Morgan fingerprint density at radius 2 is 2.00 bits per heavy atom. The van der Waals surface area contributed by atoms with Gasteiger partial charge in [-0.1, -0.05) is 25.1 Å². The molecule has 0 unspecified atom stereocenters. The van der Waals surface area contributed by atoms with Crippen LogP contribution in [0.15, 0.2) is 28.7 Å². The molecule has 1 saturated heterocycles. The third-order valence-corrected chi connectivity index (χ3v) is 5.26. The average molecular weight is 343 g/mol. The fourth-order valence-electron chi connectivity index (χ4n) is 3.93. The van der Waals surface area contributed by atoms with Gasteiger partial charge in [-0.25, -0.2) is 0 Å². The molecule has 0 aliphatic carbocycles. The number of nitrogens with two attached hydrogens (primary N) is 1. The summed E-state index contributed by atoms with van der Waals surface area (Å²) < 4.78 is 6.02. The Morgan fingerprint density at radius 3 is 2.68 bits per heavy atom. The molecular formula is C20H29N3O2. The summed E-state index contributed by atoms with van der Waals surface area (Å²) in [7, 11) is 0. The monoisotopic (exact) mass is 343 g/mol. The molecule has 2 atom stereocenters. The summed E-state index contributed by atoms with van der Waals surface area (Å²) in [6.07, 6.45) is 1.57. The molecule has 25 heavy (non-hydrogen) atoms. The first-order valence-corrected chi connectivity index (χ1v) is 9.36. The molecule has 3 rings (SSSR count). The maximum atomic E-state index is 12.9. The van der Waals surface area contributed by atoms with Gasteiger partial charge < -0.3 is 15.1 Å². The number of para-hydroxylation sites is 1. The maximum absolute atomic E-state index is 12.9. The lowest BCUT2D eigenvalue weighted by atomic mass is 10.1. The van der Waals surface area contributed by atoms with Crippen LogP contribution in [0.3, 0.4) is 0 Å². The third-order valence-electron chi connectivity index (χ3n) is 5.26. The smallest absolute Gasteiger partial charge is 0.239 e. The number of benzene rings is 1. The number of nitrogens with zero attached hydrogens (tertiary/aromatic N) is 2. The van der Waals surface area contributed by atoms with Crippen LogP contribution in [0.2, 0.25) is 0 Å². The van der Waals surface area contributed by atoms with E-state index in [0.717, 1.165) is 49.2 Å². The van der Waals surface area contributed by atoms with E-state index in [1.165, 1.54) is 5.56 Å². The van der Waals surface area contributed by atoms with Crippen LogP contribution < -0.4 is 5.73 Å². The van der Waals surface area contributed by atoms with Gasteiger partial charge in [0.25, 0.3) is 0 Å². The molecule has 1 aromatic heterocycles. The van der Waals surface area contributed by atoms with Crippen molar-refractivity contribution < 1.29 is 9.21 Å². The number of likely N-dealkylation sites (tertiary alicyclic amines) is 1. The van der Waals surface area contributed by atoms with Crippen molar-refractivity contribution in [2.45, 2.75) is 52.2 Å². The van der Waals surface area contributed by atoms with Gasteiger partial charge in [0, 0.05) is 49.6 Å². The Hall–Kier alpha value is -1.85. The van der Waals surface area contributed by atoms with Crippen LogP contribution in [0.5, 0.6) is 0 Å². The zero-order chi connectivity index (χ0) is 18.0. The molecule has 2 heterocycles. The standard InChI is InChI=1S/C20H29N3O2/c1-4-18-16(15-9-7-8-10-19(15)25-18)13-23-12-14(21)11-17(23)20(24)22(5-2)6-3/h7-10,14,17H,4-6,11-13,21H2,1-3H3/t14-,17+/m1/s1. The summed E-state index contributed by atoms with van der Waals surface area (Å²) in [6, 6.07) is 8.06. The molecular weight excluding hydrogens is 314 g/mol. The molecule has 5 heteroatoms. The zero-order valence-corrected chi connectivity index (χ0v) is 15.5. The van der Waals surface area contributed by atoms with E-state index < -0.39 is 0 Å². The summed E-state index contributed by atoms with van der Waals surface area (Å²) >= 11 is 0. The van der Waals surface area contributed by atoms with Gasteiger partial charge in [-0.3, -0.25) is 9.69 Å². The lowest BCUT2D eigenvalue weighted by molar-refractivity contribution is -0.135. The Labute approximate surface area is 149 Å². The highest BCUT2D eigenvalue weighted by Gasteiger charge is 2.37. The number of fused-ring (bicyclic) bond motifs is 1. The van der Waals surface area contributed by atoms with E-state index in [1.807, 2.05) is 36.9 Å². The first-order chi connectivity index (χ1) is 12.1. The Kier molecular flexibility index (Phi) is 5.45. The summed E-state index contributed by atoms with van der Waals surface area (Å²) in [5.41, 5.74) is 8.33. The summed E-state index contributed by atoms with van der Waals surface area (Å²) in [5, 5.41) is 1.15. The lowest BCUT2D eigenvalue weighted by Gasteiger charge is -2.28. The topological polar surface area (TPSA) is 62.7 Å². The predicted molar refractivity (Wildman–Crippen MR) is 100 cm³/mol. The largest absolute Gasteiger partial charge is 0.461 e. The lowest BCUT2D eigenvalue weighted by Crippen LogP contribution is -2.45. The minimum absolute atomic E-state index is 0.0488. The molecule has 0 spiro atoms. The van der Waals surface area contributed by atoms with Gasteiger partial charge in [0.1, 0.15) is 11.3 Å². The van der Waals surface area contributed by atoms with Crippen LogP contribution in [0.1, 0.15) is 38.5 Å². The molecule has 0 radical (unpaired) electrons. The number of hydrogen-bond acceptors (Lipinski definition) is 4. The van der Waals surface area contributed by atoms with E-state index in [0.29, 0.717) is 6.54 Å². The van der Waals surface area contributed by atoms with Crippen LogP contribution >= 0.6 is 0 Å². The van der Waals surface area contributed by atoms with Crippen LogP contribution in [0, 0.1) is 0 Å². The quantitative estimate of drug-likeness (QED) is 0.876. The normalized spacial score (nSPS) is 21.1. The molecule has 1 amide bonds. The van der Waals surface area contributed by atoms with Crippen molar-refractivity contribution in [2.24, 2.45) is 5.73 Å². The van der Waals surface area contributed by atoms with Crippen LogP contribution in [-0.4, -0.2) is 47.4 Å². The third kappa shape index (κ3) is 3.44. The summed E-state index contributed by atoms with van der Waals surface area (Å²) in [4.78, 5) is 17.1. The highest BCUT2D eigenvalue weighted by molar-refractivity contribution is 5.84. The minimum Gasteiger partial charge on any atom is -0.461 e. The fourth-order valence-corrected chi connectivity index (χ4v) is 3.93. The predicted octanol–water partition coefficient (Wildman–Crippen LogP) is 2.77. The SMILES string of the molecule is CCc1oc2ccccc2c1CN1C[C@H](N)C[C@H]1C(=O)N(CC)CC. The fraction of sp³-hybridized carbons (Fsp3) is 0.550. The van der Waals surface area contributed by atoms with Gasteiger partial charge >= 0.3 is 0 Å².